The van der Waals surface area contributed by atoms with Crippen LogP contribution < -0.4 is 9.30 Å². The molecule has 1 aromatic carbocycles. The van der Waals surface area contributed by atoms with Gasteiger partial charge in [-0.3, -0.25) is 0 Å². The Morgan fingerprint density at radius 3 is 2.83 bits per heavy atom. The summed E-state index contributed by atoms with van der Waals surface area (Å²) in [7, 11) is 2.91. The van der Waals surface area contributed by atoms with Crippen LogP contribution in [0.3, 0.4) is 0 Å². The number of esters is 1. The molecule has 0 unspecified atom stereocenters. The Kier molecular flexibility index (Phi) is 4.28. The van der Waals surface area contributed by atoms with Crippen LogP contribution in [0.25, 0.3) is 10.9 Å². The van der Waals surface area contributed by atoms with Crippen LogP contribution in [0.15, 0.2) is 48.9 Å². The smallest absolute Gasteiger partial charge is 0.347 e. The largest absolute Gasteiger partial charge is 0.495 e. The monoisotopic (exact) mass is 311 g/mol. The van der Waals surface area contributed by atoms with Crippen molar-refractivity contribution < 1.29 is 18.8 Å². The minimum absolute atomic E-state index is 0.400. The molecular weight excluding hydrogens is 292 g/mol. The fraction of sp³-hybridized carbons (Fsp3) is 0.222. The van der Waals surface area contributed by atoms with Crippen molar-refractivity contribution in [3.8, 4) is 5.75 Å². The summed E-state index contributed by atoms with van der Waals surface area (Å²) in [6, 6.07) is 10.0. The minimum Gasteiger partial charge on any atom is -0.495 e. The van der Waals surface area contributed by atoms with Crippen molar-refractivity contribution in [2.45, 2.75) is 13.0 Å². The van der Waals surface area contributed by atoms with Crippen LogP contribution in [0.1, 0.15) is 15.9 Å². The summed E-state index contributed by atoms with van der Waals surface area (Å²) in [4.78, 5) is 15.1. The molecule has 0 aliphatic heterocycles. The maximum atomic E-state index is 11.8. The Labute approximate surface area is 134 Å². The van der Waals surface area contributed by atoms with Gasteiger partial charge in [-0.2, -0.15) is 0 Å². The van der Waals surface area contributed by atoms with E-state index in [0.717, 1.165) is 18.5 Å². The second kappa shape index (κ2) is 6.52. The highest BCUT2D eigenvalue weighted by Gasteiger charge is 2.18. The fourth-order valence-corrected chi connectivity index (χ4v) is 2.69. The van der Waals surface area contributed by atoms with Gasteiger partial charge in [-0.1, -0.05) is 18.2 Å². The number of para-hydroxylation sites is 1. The number of fused-ring (bicyclic) bond motifs is 1. The summed E-state index contributed by atoms with van der Waals surface area (Å²) < 4.78 is 12.0. The number of benzene rings is 1. The standard InChI is InChI=1S/C18H19N2O3/c1-22-17-8-10-20(12-15(17)18(21)23-2)9-7-13-11-19-16-6-4-3-5-14(13)16/h3-6,8,10-12,19H,7,9H2,1-2H3/q+1. The molecule has 0 radical (unpaired) electrons. The van der Waals surface area contributed by atoms with Crippen LogP contribution in [0.2, 0.25) is 0 Å². The first-order chi connectivity index (χ1) is 11.2. The van der Waals surface area contributed by atoms with Crippen molar-refractivity contribution in [1.29, 1.82) is 0 Å². The molecule has 118 valence electrons. The van der Waals surface area contributed by atoms with Gasteiger partial charge in [-0.05, 0) is 11.6 Å². The van der Waals surface area contributed by atoms with Crippen LogP contribution >= 0.6 is 0 Å². The Hall–Kier alpha value is -2.82. The lowest BCUT2D eigenvalue weighted by atomic mass is 10.1. The predicted octanol–water partition coefficient (Wildman–Crippen LogP) is 2.49. The number of rotatable bonds is 5. The number of carbonyl (C=O) groups is 1. The Morgan fingerprint density at radius 2 is 2.04 bits per heavy atom. The highest BCUT2D eigenvalue weighted by Crippen LogP contribution is 2.19. The second-order valence-corrected chi connectivity index (χ2v) is 5.27. The summed E-state index contributed by atoms with van der Waals surface area (Å²) >= 11 is 0. The number of hydrogen-bond donors (Lipinski definition) is 1. The first-order valence-electron chi connectivity index (χ1n) is 7.43. The highest BCUT2D eigenvalue weighted by atomic mass is 16.5. The molecule has 0 fully saturated rings. The Morgan fingerprint density at radius 1 is 1.22 bits per heavy atom. The Balaban J connectivity index is 1.81. The van der Waals surface area contributed by atoms with E-state index < -0.39 is 5.97 Å². The van der Waals surface area contributed by atoms with Gasteiger partial charge in [0.25, 0.3) is 0 Å². The zero-order valence-corrected chi connectivity index (χ0v) is 13.2. The zero-order valence-electron chi connectivity index (χ0n) is 13.2. The molecule has 2 aromatic heterocycles. The fourth-order valence-electron chi connectivity index (χ4n) is 2.69. The molecular formula is C18H19N2O3+. The molecule has 0 atom stereocenters. The van der Waals surface area contributed by atoms with Gasteiger partial charge in [0.05, 0.1) is 14.2 Å². The lowest BCUT2D eigenvalue weighted by molar-refractivity contribution is -0.696. The van der Waals surface area contributed by atoms with Gasteiger partial charge in [0.1, 0.15) is 5.75 Å². The Bertz CT molecular complexity index is 839. The van der Waals surface area contributed by atoms with Crippen LogP contribution in [0, 0.1) is 0 Å². The molecule has 2 heterocycles. The first kappa shape index (κ1) is 15.1. The number of ether oxygens (including phenoxy) is 2. The van der Waals surface area contributed by atoms with E-state index in [1.165, 1.54) is 25.2 Å². The molecule has 1 N–H and O–H groups in total. The van der Waals surface area contributed by atoms with E-state index in [9.17, 15) is 4.79 Å². The zero-order chi connectivity index (χ0) is 16.2. The van der Waals surface area contributed by atoms with Crippen molar-refractivity contribution in [2.24, 2.45) is 0 Å². The number of aryl methyl sites for hydroxylation is 2. The molecule has 5 nitrogen and oxygen atoms in total. The van der Waals surface area contributed by atoms with E-state index in [1.807, 2.05) is 29.1 Å². The maximum absolute atomic E-state index is 11.8. The van der Waals surface area contributed by atoms with Crippen molar-refractivity contribution in [1.82, 2.24) is 4.98 Å². The number of pyridine rings is 1. The lowest BCUT2D eigenvalue weighted by Crippen LogP contribution is -2.35. The molecule has 23 heavy (non-hydrogen) atoms. The number of nitrogens with zero attached hydrogens (tertiary/aromatic N) is 1. The van der Waals surface area contributed by atoms with Gasteiger partial charge < -0.3 is 14.5 Å². The molecule has 0 aliphatic rings. The van der Waals surface area contributed by atoms with Gasteiger partial charge in [-0.15, -0.1) is 0 Å². The van der Waals surface area contributed by atoms with E-state index in [-0.39, 0.29) is 0 Å². The van der Waals surface area contributed by atoms with Crippen LogP contribution in [0.5, 0.6) is 5.75 Å². The van der Waals surface area contributed by atoms with E-state index in [0.29, 0.717) is 11.3 Å². The number of hydrogen-bond acceptors (Lipinski definition) is 3. The summed E-state index contributed by atoms with van der Waals surface area (Å²) in [6.45, 7) is 0.760. The lowest BCUT2D eigenvalue weighted by Gasteiger charge is -2.05. The normalized spacial score (nSPS) is 10.7. The second-order valence-electron chi connectivity index (χ2n) is 5.27. The van der Waals surface area contributed by atoms with Crippen LogP contribution in [0.4, 0.5) is 0 Å². The van der Waals surface area contributed by atoms with Crippen LogP contribution in [-0.4, -0.2) is 25.2 Å². The summed E-state index contributed by atoms with van der Waals surface area (Å²) in [5, 5.41) is 1.23. The van der Waals surface area contributed by atoms with Crippen molar-refractivity contribution >= 4 is 16.9 Å². The molecule has 0 bridgehead atoms. The van der Waals surface area contributed by atoms with Crippen molar-refractivity contribution in [3.05, 3.63) is 60.0 Å². The van der Waals surface area contributed by atoms with Gasteiger partial charge in [0.15, 0.2) is 24.5 Å². The topological polar surface area (TPSA) is 55.2 Å². The van der Waals surface area contributed by atoms with Crippen LogP contribution in [-0.2, 0) is 17.7 Å². The molecule has 0 aliphatic carbocycles. The molecule has 0 spiro atoms. The highest BCUT2D eigenvalue weighted by molar-refractivity contribution is 5.91. The summed E-state index contributed by atoms with van der Waals surface area (Å²) in [5.74, 6) is 0.114. The predicted molar refractivity (Wildman–Crippen MR) is 86.5 cm³/mol. The van der Waals surface area contributed by atoms with E-state index in [4.69, 9.17) is 9.47 Å². The minimum atomic E-state index is -0.400. The SMILES string of the molecule is COC(=O)c1c[n+](CCc2c[nH]c3ccccc23)ccc1OC. The summed E-state index contributed by atoms with van der Waals surface area (Å²) in [5.41, 5.74) is 2.82. The first-order valence-corrected chi connectivity index (χ1v) is 7.43. The third kappa shape index (κ3) is 3.04. The number of carbonyl (C=O) groups excluding carboxylic acids is 1. The molecule has 3 aromatic rings. The number of aromatic nitrogens is 2. The third-order valence-corrected chi connectivity index (χ3v) is 3.92. The molecule has 5 heteroatoms. The van der Waals surface area contributed by atoms with Gasteiger partial charge in [0, 0.05) is 29.6 Å². The maximum Gasteiger partial charge on any atom is 0.347 e. The third-order valence-electron chi connectivity index (χ3n) is 3.92. The number of nitrogens with one attached hydrogen (secondary N) is 1. The quantitative estimate of drug-likeness (QED) is 0.582. The van der Waals surface area contributed by atoms with Gasteiger partial charge >= 0.3 is 5.97 Å². The number of aromatic amines is 1. The van der Waals surface area contributed by atoms with Crippen molar-refractivity contribution in [3.63, 3.8) is 0 Å². The van der Waals surface area contributed by atoms with Crippen molar-refractivity contribution in [2.75, 3.05) is 14.2 Å². The summed E-state index contributed by atoms with van der Waals surface area (Å²) in [6.07, 6.45) is 6.57. The van der Waals surface area contributed by atoms with E-state index >= 15 is 0 Å². The molecule has 0 saturated heterocycles. The number of H-pyrrole nitrogens is 1. The average Bonchev–Trinajstić information content (AvgIpc) is 3.02. The van der Waals surface area contributed by atoms with Gasteiger partial charge in [-0.25, -0.2) is 9.36 Å². The van der Waals surface area contributed by atoms with E-state index in [2.05, 4.69) is 17.1 Å². The van der Waals surface area contributed by atoms with E-state index in [1.54, 1.807) is 12.3 Å². The molecule has 3 rings (SSSR count). The molecule has 0 amide bonds. The number of methoxy groups -OCH3 is 2. The van der Waals surface area contributed by atoms with Gasteiger partial charge in [0.2, 0.25) is 0 Å². The molecule has 0 saturated carbocycles. The average molecular weight is 311 g/mol.